The number of hydrogen-bond acceptors (Lipinski definition) is 3. The van der Waals surface area contributed by atoms with Crippen LogP contribution in [0.4, 0.5) is 5.69 Å². The van der Waals surface area contributed by atoms with Gasteiger partial charge in [0.2, 0.25) is 5.91 Å². The second-order valence-electron chi connectivity index (χ2n) is 5.07. The van der Waals surface area contributed by atoms with Crippen LogP contribution in [0, 0.1) is 20.8 Å². The second-order valence-corrected chi connectivity index (χ2v) is 6.45. The van der Waals surface area contributed by atoms with Gasteiger partial charge in [0.1, 0.15) is 0 Å². The number of hydrogen-bond donors (Lipinski definition) is 2. The molecule has 5 heteroatoms. The summed E-state index contributed by atoms with van der Waals surface area (Å²) in [6, 6.07) is 8.05. The maximum absolute atomic E-state index is 11.8. The van der Waals surface area contributed by atoms with Crippen molar-refractivity contribution in [3.8, 4) is 0 Å². The maximum Gasteiger partial charge on any atom is 0.250 e. The van der Waals surface area contributed by atoms with Crippen LogP contribution in [0.25, 0.3) is 6.08 Å². The molecule has 0 aliphatic heterocycles. The van der Waals surface area contributed by atoms with Gasteiger partial charge in [0.25, 0.3) is 0 Å². The zero-order valence-corrected chi connectivity index (χ0v) is 14.4. The summed E-state index contributed by atoms with van der Waals surface area (Å²) >= 11 is 6.78. The molecular formula is C17H18N2OS2. The molecule has 22 heavy (non-hydrogen) atoms. The molecule has 1 aromatic heterocycles. The summed E-state index contributed by atoms with van der Waals surface area (Å²) in [4.78, 5) is 12.9. The topological polar surface area (TPSA) is 41.1 Å². The first kappa shape index (κ1) is 16.4. The molecule has 3 nitrogen and oxygen atoms in total. The molecule has 0 unspecified atom stereocenters. The lowest BCUT2D eigenvalue weighted by atomic mass is 10.1. The third-order valence-electron chi connectivity index (χ3n) is 3.09. The lowest BCUT2D eigenvalue weighted by molar-refractivity contribution is -0.115. The molecule has 0 fully saturated rings. The molecule has 2 aromatic rings. The van der Waals surface area contributed by atoms with E-state index in [-0.39, 0.29) is 5.91 Å². The highest BCUT2D eigenvalue weighted by Crippen LogP contribution is 2.21. The Balaban J connectivity index is 1.97. The molecule has 0 spiro atoms. The number of rotatable bonds is 3. The van der Waals surface area contributed by atoms with E-state index in [1.54, 1.807) is 17.4 Å². The molecule has 0 saturated carbocycles. The lowest BCUT2D eigenvalue weighted by Gasteiger charge is -2.14. The molecule has 0 bridgehead atoms. The fourth-order valence-corrected chi connectivity index (χ4v) is 3.04. The largest absolute Gasteiger partial charge is 0.332 e. The summed E-state index contributed by atoms with van der Waals surface area (Å²) < 4.78 is 0. The van der Waals surface area contributed by atoms with Crippen molar-refractivity contribution < 1.29 is 4.79 Å². The Bertz CT molecular complexity index is 695. The summed E-state index contributed by atoms with van der Waals surface area (Å²) in [5, 5.41) is 8.02. The van der Waals surface area contributed by atoms with E-state index >= 15 is 0 Å². The molecule has 114 valence electrons. The number of amides is 1. The van der Waals surface area contributed by atoms with Gasteiger partial charge in [-0.2, -0.15) is 0 Å². The fourth-order valence-electron chi connectivity index (χ4n) is 2.22. The Kier molecular flexibility index (Phi) is 5.46. The number of benzene rings is 1. The number of aryl methyl sites for hydroxylation is 3. The van der Waals surface area contributed by atoms with Gasteiger partial charge in [0, 0.05) is 16.6 Å². The average molecular weight is 330 g/mol. The Morgan fingerprint density at radius 2 is 1.91 bits per heavy atom. The second kappa shape index (κ2) is 7.33. The number of carbonyl (C=O) groups excluding carboxylic acids is 1. The number of anilines is 1. The standard InChI is InChI=1S/C17H18N2OS2/c1-11-9-12(2)16(13(3)10-11)19-17(21)18-15(20)7-6-14-5-4-8-22-14/h4-10H,1-3H3,(H2,18,19,20,21). The summed E-state index contributed by atoms with van der Waals surface area (Å²) in [6.07, 6.45) is 3.25. The highest BCUT2D eigenvalue weighted by molar-refractivity contribution is 7.80. The van der Waals surface area contributed by atoms with Crippen molar-refractivity contribution in [2.24, 2.45) is 0 Å². The fraction of sp³-hybridized carbons (Fsp3) is 0.176. The van der Waals surface area contributed by atoms with Crippen molar-refractivity contribution in [3.05, 3.63) is 57.3 Å². The molecule has 0 atom stereocenters. The number of thiocarbonyl (C=S) groups is 1. The predicted octanol–water partition coefficient (Wildman–Crippen LogP) is 4.20. The molecule has 2 N–H and O–H groups in total. The molecule has 0 aliphatic rings. The van der Waals surface area contributed by atoms with E-state index in [0.29, 0.717) is 5.11 Å². The maximum atomic E-state index is 11.8. The lowest BCUT2D eigenvalue weighted by Crippen LogP contribution is -2.33. The Labute approximate surface area is 140 Å². The highest BCUT2D eigenvalue weighted by Gasteiger charge is 2.07. The minimum absolute atomic E-state index is 0.242. The third kappa shape index (κ3) is 4.51. The zero-order chi connectivity index (χ0) is 16.1. The van der Waals surface area contributed by atoms with Crippen molar-refractivity contribution in [1.29, 1.82) is 0 Å². The quantitative estimate of drug-likeness (QED) is 0.654. The molecule has 1 amide bonds. The SMILES string of the molecule is Cc1cc(C)c(NC(=S)NC(=O)C=Cc2cccs2)c(C)c1. The van der Waals surface area contributed by atoms with E-state index in [9.17, 15) is 4.79 Å². The van der Waals surface area contributed by atoms with Crippen LogP contribution in [0.2, 0.25) is 0 Å². The van der Waals surface area contributed by atoms with E-state index in [2.05, 4.69) is 29.7 Å². The molecule has 2 rings (SSSR count). The van der Waals surface area contributed by atoms with Gasteiger partial charge in [-0.1, -0.05) is 23.8 Å². The van der Waals surface area contributed by atoms with Crippen molar-refractivity contribution in [2.45, 2.75) is 20.8 Å². The normalized spacial score (nSPS) is 10.7. The monoisotopic (exact) mass is 330 g/mol. The molecule has 0 aliphatic carbocycles. The third-order valence-corrected chi connectivity index (χ3v) is 4.14. The highest BCUT2D eigenvalue weighted by atomic mass is 32.1. The van der Waals surface area contributed by atoms with E-state index < -0.39 is 0 Å². The summed E-state index contributed by atoms with van der Waals surface area (Å²) in [6.45, 7) is 6.09. The Morgan fingerprint density at radius 3 is 2.50 bits per heavy atom. The number of nitrogens with one attached hydrogen (secondary N) is 2. The minimum Gasteiger partial charge on any atom is -0.332 e. The smallest absolute Gasteiger partial charge is 0.250 e. The van der Waals surface area contributed by atoms with Crippen LogP contribution in [-0.4, -0.2) is 11.0 Å². The van der Waals surface area contributed by atoms with Crippen LogP contribution in [0.1, 0.15) is 21.6 Å². The van der Waals surface area contributed by atoms with E-state index in [1.165, 1.54) is 11.6 Å². The van der Waals surface area contributed by atoms with Gasteiger partial charge < -0.3 is 5.32 Å². The van der Waals surface area contributed by atoms with Gasteiger partial charge in [-0.15, -0.1) is 11.3 Å². The first-order valence-electron chi connectivity index (χ1n) is 6.87. The molecule has 0 saturated heterocycles. The minimum atomic E-state index is -0.242. The number of carbonyl (C=O) groups is 1. The molecular weight excluding hydrogens is 312 g/mol. The van der Waals surface area contributed by atoms with Crippen LogP contribution in [0.15, 0.2) is 35.7 Å². The van der Waals surface area contributed by atoms with Crippen LogP contribution in [0.5, 0.6) is 0 Å². The first-order chi connectivity index (χ1) is 10.5. The van der Waals surface area contributed by atoms with Crippen molar-refractivity contribution >= 4 is 46.3 Å². The average Bonchev–Trinajstić information content (AvgIpc) is 2.94. The first-order valence-corrected chi connectivity index (χ1v) is 8.16. The van der Waals surface area contributed by atoms with Gasteiger partial charge >= 0.3 is 0 Å². The zero-order valence-electron chi connectivity index (χ0n) is 12.8. The van der Waals surface area contributed by atoms with Crippen LogP contribution < -0.4 is 10.6 Å². The van der Waals surface area contributed by atoms with E-state index in [0.717, 1.165) is 21.7 Å². The van der Waals surface area contributed by atoms with Gasteiger partial charge in [0.15, 0.2) is 5.11 Å². The number of thiophene rings is 1. The Morgan fingerprint density at radius 1 is 1.23 bits per heavy atom. The molecule has 0 radical (unpaired) electrons. The van der Waals surface area contributed by atoms with E-state index in [1.807, 2.05) is 31.4 Å². The molecule has 1 heterocycles. The van der Waals surface area contributed by atoms with Crippen LogP contribution >= 0.6 is 23.6 Å². The Hall–Kier alpha value is -1.98. The predicted molar refractivity (Wildman–Crippen MR) is 98.4 cm³/mol. The van der Waals surface area contributed by atoms with Gasteiger partial charge in [-0.3, -0.25) is 10.1 Å². The van der Waals surface area contributed by atoms with Gasteiger partial charge in [-0.05, 0) is 61.6 Å². The summed E-state index contributed by atoms with van der Waals surface area (Å²) in [5.41, 5.74) is 4.35. The van der Waals surface area contributed by atoms with Crippen molar-refractivity contribution in [2.75, 3.05) is 5.32 Å². The van der Waals surface area contributed by atoms with Crippen LogP contribution in [0.3, 0.4) is 0 Å². The van der Waals surface area contributed by atoms with Gasteiger partial charge in [0.05, 0.1) is 0 Å². The summed E-state index contributed by atoms with van der Waals surface area (Å²) in [5.74, 6) is -0.242. The summed E-state index contributed by atoms with van der Waals surface area (Å²) in [7, 11) is 0. The molecule has 1 aromatic carbocycles. The van der Waals surface area contributed by atoms with Crippen LogP contribution in [-0.2, 0) is 4.79 Å². The van der Waals surface area contributed by atoms with E-state index in [4.69, 9.17) is 12.2 Å². The van der Waals surface area contributed by atoms with Gasteiger partial charge in [-0.25, -0.2) is 0 Å². The van der Waals surface area contributed by atoms with Crippen molar-refractivity contribution in [3.63, 3.8) is 0 Å². The van der Waals surface area contributed by atoms with Crippen molar-refractivity contribution in [1.82, 2.24) is 5.32 Å².